The fourth-order valence-electron chi connectivity index (χ4n) is 3.48. The monoisotopic (exact) mass is 389 g/mol. The lowest BCUT2D eigenvalue weighted by Crippen LogP contribution is -2.46. The van der Waals surface area contributed by atoms with Crippen LogP contribution in [0.25, 0.3) is 0 Å². The van der Waals surface area contributed by atoms with Crippen LogP contribution in [0.4, 0.5) is 23.0 Å². The van der Waals surface area contributed by atoms with Crippen molar-refractivity contribution in [1.82, 2.24) is 9.97 Å². The molecule has 7 nitrogen and oxygen atoms in total. The number of benzene rings is 2. The summed E-state index contributed by atoms with van der Waals surface area (Å²) in [6, 6.07) is 17.1. The Bertz CT molecular complexity index is 1020. The Morgan fingerprint density at radius 2 is 1.72 bits per heavy atom. The first-order chi connectivity index (χ1) is 14.1. The van der Waals surface area contributed by atoms with Gasteiger partial charge >= 0.3 is 5.97 Å². The second-order valence-electron chi connectivity index (χ2n) is 7.09. The van der Waals surface area contributed by atoms with Crippen LogP contribution >= 0.6 is 0 Å². The Kier molecular flexibility index (Phi) is 5.29. The Balaban J connectivity index is 1.43. The molecular weight excluding hydrogens is 366 g/mol. The van der Waals surface area contributed by atoms with Crippen molar-refractivity contribution in [1.29, 1.82) is 0 Å². The van der Waals surface area contributed by atoms with E-state index in [0.717, 1.165) is 32.0 Å². The van der Waals surface area contributed by atoms with Crippen LogP contribution < -0.4 is 15.1 Å². The third-order valence-corrected chi connectivity index (χ3v) is 5.01. The fraction of sp³-hybridized carbons (Fsp3) is 0.227. The Morgan fingerprint density at radius 3 is 2.48 bits per heavy atom. The third-order valence-electron chi connectivity index (χ3n) is 5.01. The van der Waals surface area contributed by atoms with Gasteiger partial charge in [-0.2, -0.15) is 0 Å². The summed E-state index contributed by atoms with van der Waals surface area (Å²) in [5.41, 5.74) is 3.44. The highest BCUT2D eigenvalue weighted by Crippen LogP contribution is 2.23. The number of aromatic nitrogens is 2. The molecule has 2 aromatic carbocycles. The van der Waals surface area contributed by atoms with Gasteiger partial charge in [-0.1, -0.05) is 18.2 Å². The van der Waals surface area contributed by atoms with Gasteiger partial charge in [0.05, 0.1) is 5.56 Å². The van der Waals surface area contributed by atoms with Gasteiger partial charge in [-0.25, -0.2) is 14.8 Å². The van der Waals surface area contributed by atoms with Crippen LogP contribution in [0.3, 0.4) is 0 Å². The number of carbonyl (C=O) groups is 1. The van der Waals surface area contributed by atoms with Gasteiger partial charge in [0.15, 0.2) is 0 Å². The molecule has 3 aromatic rings. The van der Waals surface area contributed by atoms with E-state index >= 15 is 0 Å². The summed E-state index contributed by atoms with van der Waals surface area (Å²) in [6.45, 7) is 5.72. The smallest absolute Gasteiger partial charge is 0.335 e. The maximum absolute atomic E-state index is 11.1. The minimum absolute atomic E-state index is 0.233. The van der Waals surface area contributed by atoms with Crippen molar-refractivity contribution >= 4 is 29.0 Å². The van der Waals surface area contributed by atoms with Gasteiger partial charge in [-0.3, -0.25) is 0 Å². The summed E-state index contributed by atoms with van der Waals surface area (Å²) in [7, 11) is 0. The highest BCUT2D eigenvalue weighted by molar-refractivity contribution is 5.89. The van der Waals surface area contributed by atoms with E-state index in [-0.39, 0.29) is 5.56 Å². The number of hydrogen-bond donors (Lipinski definition) is 2. The first-order valence-corrected chi connectivity index (χ1v) is 9.57. The van der Waals surface area contributed by atoms with Gasteiger partial charge in [0, 0.05) is 43.6 Å². The molecule has 4 rings (SSSR count). The number of rotatable bonds is 5. The molecule has 0 unspecified atom stereocenters. The molecule has 1 saturated heterocycles. The number of carboxylic acid groups (broad SMARTS) is 1. The number of nitrogens with zero attached hydrogens (tertiary/aromatic N) is 4. The highest BCUT2D eigenvalue weighted by atomic mass is 16.4. The maximum atomic E-state index is 11.1. The van der Waals surface area contributed by atoms with Crippen molar-refractivity contribution in [3.8, 4) is 0 Å². The molecule has 0 bridgehead atoms. The van der Waals surface area contributed by atoms with Crippen molar-refractivity contribution in [2.75, 3.05) is 41.3 Å². The van der Waals surface area contributed by atoms with Gasteiger partial charge in [0.2, 0.25) is 0 Å². The lowest BCUT2D eigenvalue weighted by Gasteiger charge is -2.36. The minimum Gasteiger partial charge on any atom is -0.478 e. The summed E-state index contributed by atoms with van der Waals surface area (Å²) in [5.74, 6) is 0.544. The summed E-state index contributed by atoms with van der Waals surface area (Å²) in [6.07, 6.45) is 1.53. The molecule has 29 heavy (non-hydrogen) atoms. The number of hydrogen-bond acceptors (Lipinski definition) is 6. The zero-order valence-electron chi connectivity index (χ0n) is 16.2. The molecule has 1 aromatic heterocycles. The first-order valence-electron chi connectivity index (χ1n) is 9.57. The van der Waals surface area contributed by atoms with Crippen molar-refractivity contribution in [3.05, 3.63) is 72.1 Å². The van der Waals surface area contributed by atoms with Gasteiger partial charge < -0.3 is 20.2 Å². The van der Waals surface area contributed by atoms with E-state index in [2.05, 4.69) is 56.3 Å². The lowest BCUT2D eigenvalue weighted by molar-refractivity contribution is 0.0697. The van der Waals surface area contributed by atoms with E-state index in [9.17, 15) is 4.79 Å². The van der Waals surface area contributed by atoms with E-state index in [4.69, 9.17) is 5.11 Å². The second-order valence-corrected chi connectivity index (χ2v) is 7.09. The average Bonchev–Trinajstić information content (AvgIpc) is 2.74. The Morgan fingerprint density at radius 1 is 0.966 bits per heavy atom. The molecule has 2 N–H and O–H groups in total. The SMILES string of the molecule is Cc1cccc(N2CCN(c3cc(Nc4cccc(C(=O)O)c4)ncn3)CC2)c1. The topological polar surface area (TPSA) is 81.6 Å². The van der Waals surface area contributed by atoms with Crippen LogP contribution in [-0.2, 0) is 0 Å². The largest absolute Gasteiger partial charge is 0.478 e. The summed E-state index contributed by atoms with van der Waals surface area (Å²) in [5, 5.41) is 12.3. The maximum Gasteiger partial charge on any atom is 0.335 e. The molecule has 0 radical (unpaired) electrons. The number of piperazine rings is 1. The molecule has 1 aliphatic rings. The molecule has 0 aliphatic carbocycles. The van der Waals surface area contributed by atoms with Crippen molar-refractivity contribution < 1.29 is 9.90 Å². The van der Waals surface area contributed by atoms with E-state index in [1.807, 2.05) is 12.1 Å². The number of carboxylic acids is 1. The molecule has 148 valence electrons. The molecule has 0 amide bonds. The standard InChI is InChI=1S/C22H23N5O2/c1-16-4-2-7-19(12-16)26-8-10-27(11-9-26)21-14-20(23-15-24-21)25-18-6-3-5-17(13-18)22(28)29/h2-7,12-15H,8-11H2,1H3,(H,28,29)(H,23,24,25). The van der Waals surface area contributed by atoms with Crippen LogP contribution in [0.15, 0.2) is 60.9 Å². The molecule has 7 heteroatoms. The lowest BCUT2D eigenvalue weighted by atomic mass is 10.2. The number of anilines is 4. The normalized spacial score (nSPS) is 14.0. The molecule has 1 fully saturated rings. The van der Waals surface area contributed by atoms with Gasteiger partial charge in [-0.15, -0.1) is 0 Å². The van der Waals surface area contributed by atoms with E-state index in [1.54, 1.807) is 18.2 Å². The Labute approximate surface area is 169 Å². The summed E-state index contributed by atoms with van der Waals surface area (Å²) in [4.78, 5) is 24.5. The van der Waals surface area contributed by atoms with Crippen molar-refractivity contribution in [2.24, 2.45) is 0 Å². The van der Waals surface area contributed by atoms with E-state index < -0.39 is 5.97 Å². The molecule has 2 heterocycles. The van der Waals surface area contributed by atoms with E-state index in [0.29, 0.717) is 11.5 Å². The second kappa shape index (κ2) is 8.18. The van der Waals surface area contributed by atoms with Gasteiger partial charge in [0.25, 0.3) is 0 Å². The quantitative estimate of drug-likeness (QED) is 0.690. The summed E-state index contributed by atoms with van der Waals surface area (Å²) >= 11 is 0. The molecular formula is C22H23N5O2. The van der Waals surface area contributed by atoms with Gasteiger partial charge in [-0.05, 0) is 42.8 Å². The molecule has 0 atom stereocenters. The predicted molar refractivity (Wildman–Crippen MR) is 114 cm³/mol. The van der Waals surface area contributed by atoms with Crippen LogP contribution in [-0.4, -0.2) is 47.2 Å². The first kappa shape index (κ1) is 18.7. The third kappa shape index (κ3) is 4.45. The Hall–Kier alpha value is -3.61. The predicted octanol–water partition coefficient (Wildman–Crippen LogP) is 3.55. The van der Waals surface area contributed by atoms with Crippen LogP contribution in [0.5, 0.6) is 0 Å². The zero-order chi connectivity index (χ0) is 20.2. The van der Waals surface area contributed by atoms with Crippen LogP contribution in [0, 0.1) is 6.92 Å². The minimum atomic E-state index is -0.955. The number of aryl methyl sites for hydroxylation is 1. The molecule has 0 saturated carbocycles. The fourth-order valence-corrected chi connectivity index (χ4v) is 3.48. The van der Waals surface area contributed by atoms with Gasteiger partial charge in [0.1, 0.15) is 18.0 Å². The van der Waals surface area contributed by atoms with Crippen molar-refractivity contribution in [3.63, 3.8) is 0 Å². The molecule has 0 spiro atoms. The van der Waals surface area contributed by atoms with Crippen LogP contribution in [0.1, 0.15) is 15.9 Å². The van der Waals surface area contributed by atoms with E-state index in [1.165, 1.54) is 17.6 Å². The zero-order valence-corrected chi connectivity index (χ0v) is 16.2. The summed E-state index contributed by atoms with van der Waals surface area (Å²) < 4.78 is 0. The van der Waals surface area contributed by atoms with Crippen molar-refractivity contribution in [2.45, 2.75) is 6.92 Å². The molecule has 1 aliphatic heterocycles. The van der Waals surface area contributed by atoms with Crippen LogP contribution in [0.2, 0.25) is 0 Å². The highest BCUT2D eigenvalue weighted by Gasteiger charge is 2.19. The number of aromatic carboxylic acids is 1. The average molecular weight is 389 g/mol. The number of nitrogens with one attached hydrogen (secondary N) is 1.